The van der Waals surface area contributed by atoms with Crippen molar-refractivity contribution in [2.45, 2.75) is 71.1 Å². The number of benzene rings is 2. The molecule has 2 aromatic carbocycles. The Labute approximate surface area is 261 Å². The van der Waals surface area contributed by atoms with Crippen LogP contribution in [0.3, 0.4) is 0 Å². The number of anilines is 2. The van der Waals surface area contributed by atoms with Crippen molar-refractivity contribution in [3.8, 4) is 16.9 Å². The fourth-order valence-corrected chi connectivity index (χ4v) is 6.39. The van der Waals surface area contributed by atoms with E-state index in [2.05, 4.69) is 5.32 Å². The molecule has 0 radical (unpaired) electrons. The smallest absolute Gasteiger partial charge is 0.251 e. The number of rotatable bonds is 14. The number of primary amides is 1. The Kier molecular flexibility index (Phi) is 9.48. The van der Waals surface area contributed by atoms with Crippen LogP contribution in [0.4, 0.5) is 20.3 Å². The van der Waals surface area contributed by atoms with Gasteiger partial charge >= 0.3 is 0 Å². The second-order valence-corrected chi connectivity index (χ2v) is 12.1. The normalized spacial score (nSPS) is 18.7. The molecule has 238 valence electrons. The summed E-state index contributed by atoms with van der Waals surface area (Å²) in [6.07, 6.45) is 6.47. The predicted octanol–water partition coefficient (Wildman–Crippen LogP) is 6.01. The number of nitrogens with zero attached hydrogens (tertiary/aromatic N) is 2. The van der Waals surface area contributed by atoms with Crippen LogP contribution in [0.1, 0.15) is 73.6 Å². The molecule has 9 nitrogen and oxygen atoms in total. The first-order chi connectivity index (χ1) is 21.6. The van der Waals surface area contributed by atoms with Gasteiger partial charge in [-0.05, 0) is 80.3 Å². The van der Waals surface area contributed by atoms with E-state index in [0.29, 0.717) is 64.6 Å². The van der Waals surface area contributed by atoms with Gasteiger partial charge in [0, 0.05) is 23.9 Å². The fourth-order valence-electron chi connectivity index (χ4n) is 6.39. The summed E-state index contributed by atoms with van der Waals surface area (Å²) in [5.41, 5.74) is 8.60. The summed E-state index contributed by atoms with van der Waals surface area (Å²) in [6, 6.07) is 8.53. The first-order valence-corrected chi connectivity index (χ1v) is 15.3. The number of carbonyl (C=O) groups excluding carboxylic acids is 2. The molecule has 3 aromatic rings. The van der Waals surface area contributed by atoms with Crippen molar-refractivity contribution >= 4 is 30.0 Å². The Morgan fingerprint density at radius 2 is 1.98 bits per heavy atom. The van der Waals surface area contributed by atoms with Crippen LogP contribution >= 0.6 is 0 Å². The molecule has 2 aliphatic heterocycles. The second-order valence-electron chi connectivity index (χ2n) is 12.1. The minimum atomic E-state index is -1.01. The lowest BCUT2D eigenvalue weighted by molar-refractivity contribution is -0.107. The van der Waals surface area contributed by atoms with Crippen LogP contribution in [0, 0.1) is 23.0 Å². The van der Waals surface area contributed by atoms with E-state index in [1.54, 1.807) is 25.1 Å². The van der Waals surface area contributed by atoms with E-state index in [4.69, 9.17) is 25.6 Å². The number of amides is 2. The average Bonchev–Trinajstić information content (AvgIpc) is 3.62. The summed E-state index contributed by atoms with van der Waals surface area (Å²) in [5.74, 6) is -1.72. The summed E-state index contributed by atoms with van der Waals surface area (Å²) in [7, 11) is 0. The third-order valence-electron chi connectivity index (χ3n) is 8.46. The Bertz CT molecular complexity index is 1600. The molecule has 1 aromatic heterocycles. The van der Waals surface area contributed by atoms with Gasteiger partial charge in [-0.3, -0.25) is 9.59 Å². The molecule has 2 amide bonds. The highest BCUT2D eigenvalue weighted by molar-refractivity contribution is 6.07. The van der Waals surface area contributed by atoms with Crippen molar-refractivity contribution < 1.29 is 27.8 Å². The Morgan fingerprint density at radius 1 is 1.22 bits per heavy atom. The Balaban J connectivity index is 1.61. The third kappa shape index (κ3) is 6.68. The first kappa shape index (κ1) is 32.0. The minimum Gasteiger partial charge on any atom is -0.492 e. The lowest BCUT2D eigenvalue weighted by Gasteiger charge is -2.27. The maximum Gasteiger partial charge on any atom is 0.251 e. The first-order valence-electron chi connectivity index (χ1n) is 15.3. The van der Waals surface area contributed by atoms with Gasteiger partial charge in [0.1, 0.15) is 11.6 Å². The number of hydrogen-bond donors (Lipinski definition) is 3. The van der Waals surface area contributed by atoms with Gasteiger partial charge in [-0.15, -0.1) is 0 Å². The minimum absolute atomic E-state index is 0.0368. The molecule has 45 heavy (non-hydrogen) atoms. The van der Waals surface area contributed by atoms with Gasteiger partial charge in [0.2, 0.25) is 6.41 Å². The summed E-state index contributed by atoms with van der Waals surface area (Å²) in [4.78, 5) is 31.5. The van der Waals surface area contributed by atoms with Crippen molar-refractivity contribution in [3.63, 3.8) is 0 Å². The van der Waals surface area contributed by atoms with E-state index in [1.807, 2.05) is 13.8 Å². The number of nitrogens with two attached hydrogens (primary N) is 1. The van der Waals surface area contributed by atoms with Crippen molar-refractivity contribution in [2.75, 3.05) is 23.4 Å². The summed E-state index contributed by atoms with van der Waals surface area (Å²) in [6.45, 7) is 6.59. The zero-order chi connectivity index (χ0) is 32.3. The number of halogens is 2. The molecule has 2 bridgehead atoms. The van der Waals surface area contributed by atoms with E-state index >= 15 is 0 Å². The molecule has 0 unspecified atom stereocenters. The van der Waals surface area contributed by atoms with Crippen molar-refractivity contribution in [1.82, 2.24) is 4.98 Å². The number of carbonyl (C=O) groups is 2. The highest BCUT2D eigenvalue weighted by Gasteiger charge is 2.46. The number of pyridine rings is 1. The number of ether oxygens (including phenoxy) is 2. The molecule has 0 aliphatic carbocycles. The number of nitrogens with one attached hydrogen (secondary N) is 2. The predicted molar refractivity (Wildman–Crippen MR) is 169 cm³/mol. The largest absolute Gasteiger partial charge is 0.492 e. The molecule has 0 saturated carbocycles. The van der Waals surface area contributed by atoms with E-state index < -0.39 is 17.5 Å². The van der Waals surface area contributed by atoms with E-state index in [9.17, 15) is 18.4 Å². The highest BCUT2D eigenvalue weighted by Crippen LogP contribution is 2.44. The molecule has 11 heteroatoms. The molecule has 2 aliphatic rings. The maximum atomic E-state index is 13.9. The van der Waals surface area contributed by atoms with Crippen molar-refractivity contribution in [1.29, 1.82) is 5.41 Å². The fraction of sp³-hybridized carbons (Fsp3) is 0.412. The zero-order valence-corrected chi connectivity index (χ0v) is 25.8. The highest BCUT2D eigenvalue weighted by atomic mass is 19.2. The third-order valence-corrected chi connectivity index (χ3v) is 8.46. The van der Waals surface area contributed by atoms with Crippen LogP contribution < -0.4 is 20.7 Å². The number of hydrogen-bond acceptors (Lipinski definition) is 7. The monoisotopic (exact) mass is 619 g/mol. The maximum absolute atomic E-state index is 13.9. The van der Waals surface area contributed by atoms with Crippen LogP contribution in [0.5, 0.6) is 5.75 Å². The lowest BCUT2D eigenvalue weighted by Crippen LogP contribution is -2.34. The Morgan fingerprint density at radius 3 is 2.56 bits per heavy atom. The SMILES string of the molecule is CCOc1cc(-c2c(C=N)c(NCC34CCC(CC3)O4)nc(CC(C)C)c2C(N)=O)ccc1N(C=O)Cc1ccc(F)c(F)c1. The average molecular weight is 620 g/mol. The van der Waals surface area contributed by atoms with Crippen LogP contribution in [-0.4, -0.2) is 48.4 Å². The van der Waals surface area contributed by atoms with Gasteiger partial charge < -0.3 is 30.8 Å². The Hall–Kier alpha value is -4.38. The molecule has 0 atom stereocenters. The zero-order valence-electron chi connectivity index (χ0n) is 25.8. The molecular weight excluding hydrogens is 580 g/mol. The van der Waals surface area contributed by atoms with Gasteiger partial charge in [0.05, 0.1) is 41.8 Å². The quantitative estimate of drug-likeness (QED) is 0.150. The standard InChI is InChI=1S/C34H39F2N5O4/c1-4-44-29-15-22(6-8-28(29)41(19-42)17-21-5-7-25(35)26(36)14-21)30-24(16-37)33(39-18-34-11-9-23(45-34)10-12-34)40-27(13-20(2)3)31(30)32(38)43/h5-8,14-16,19-20,23,37H,4,9-13,17-18H2,1-3H3,(H2,38,43)(H,39,40). The summed E-state index contributed by atoms with van der Waals surface area (Å²) >= 11 is 0. The molecule has 0 spiro atoms. The second kappa shape index (κ2) is 13.3. The molecule has 4 N–H and O–H groups in total. The van der Waals surface area contributed by atoms with Crippen LogP contribution in [0.25, 0.3) is 11.1 Å². The molecule has 2 saturated heterocycles. The number of aromatic nitrogens is 1. The summed E-state index contributed by atoms with van der Waals surface area (Å²) < 4.78 is 39.6. The van der Waals surface area contributed by atoms with Crippen LogP contribution in [0.15, 0.2) is 36.4 Å². The lowest BCUT2D eigenvalue weighted by atomic mass is 9.88. The van der Waals surface area contributed by atoms with Crippen molar-refractivity contribution in [3.05, 3.63) is 70.4 Å². The van der Waals surface area contributed by atoms with E-state index in [1.165, 1.54) is 11.0 Å². The number of fused-ring (bicyclic) bond motifs is 2. The van der Waals surface area contributed by atoms with Gasteiger partial charge in [0.15, 0.2) is 11.6 Å². The van der Waals surface area contributed by atoms with Crippen LogP contribution in [-0.2, 0) is 22.5 Å². The molecular formula is C34H39F2N5O4. The molecule has 3 heterocycles. The van der Waals surface area contributed by atoms with Gasteiger partial charge in [0.25, 0.3) is 5.91 Å². The van der Waals surface area contributed by atoms with E-state index in [0.717, 1.165) is 44.0 Å². The van der Waals surface area contributed by atoms with Gasteiger partial charge in [-0.2, -0.15) is 0 Å². The van der Waals surface area contributed by atoms with Crippen LogP contribution in [0.2, 0.25) is 0 Å². The van der Waals surface area contributed by atoms with Gasteiger partial charge in [-0.1, -0.05) is 26.0 Å². The molecule has 2 fully saturated rings. The van der Waals surface area contributed by atoms with E-state index in [-0.39, 0.29) is 36.3 Å². The van der Waals surface area contributed by atoms with Gasteiger partial charge in [-0.25, -0.2) is 13.8 Å². The van der Waals surface area contributed by atoms with Crippen molar-refractivity contribution in [2.24, 2.45) is 11.7 Å². The molecule has 5 rings (SSSR count). The summed E-state index contributed by atoms with van der Waals surface area (Å²) in [5, 5.41) is 11.9. The topological polar surface area (TPSA) is 131 Å².